The van der Waals surface area contributed by atoms with Gasteiger partial charge < -0.3 is 4.74 Å². The molecule has 4 nitrogen and oxygen atoms in total. The van der Waals surface area contributed by atoms with Crippen molar-refractivity contribution in [3.63, 3.8) is 0 Å². The molecule has 4 heteroatoms. The van der Waals surface area contributed by atoms with E-state index in [4.69, 9.17) is 4.74 Å². The van der Waals surface area contributed by atoms with Gasteiger partial charge in [-0.3, -0.25) is 14.9 Å². The summed E-state index contributed by atoms with van der Waals surface area (Å²) in [5, 5.41) is 0. The molecule has 70 valence electrons. The van der Waals surface area contributed by atoms with Crippen molar-refractivity contribution in [2.45, 2.75) is 6.92 Å². The first kappa shape index (κ1) is 8.31. The summed E-state index contributed by atoms with van der Waals surface area (Å²) < 4.78 is 6.65. The Morgan fingerprint density at radius 2 is 2.08 bits per heavy atom. The van der Waals surface area contributed by atoms with E-state index in [9.17, 15) is 4.79 Å². The van der Waals surface area contributed by atoms with E-state index in [0.29, 0.717) is 13.2 Å². The van der Waals surface area contributed by atoms with Gasteiger partial charge >= 0.3 is 0 Å². The molecule has 0 atom stereocenters. The molecule has 1 aromatic rings. The maximum Gasteiger partial charge on any atom is 0.249 e. The van der Waals surface area contributed by atoms with Crippen LogP contribution in [0.3, 0.4) is 0 Å². The molecule has 0 aromatic carbocycles. The molecule has 1 saturated heterocycles. The van der Waals surface area contributed by atoms with E-state index < -0.39 is 0 Å². The summed E-state index contributed by atoms with van der Waals surface area (Å²) in [5.41, 5.74) is 2.42. The Labute approximate surface area is 76.5 Å². The zero-order valence-electron chi connectivity index (χ0n) is 7.49. The molecule has 1 aliphatic rings. The van der Waals surface area contributed by atoms with E-state index in [-0.39, 0.29) is 11.3 Å². The predicted molar refractivity (Wildman–Crippen MR) is 47.7 cm³/mol. The maximum atomic E-state index is 11.6. The van der Waals surface area contributed by atoms with Gasteiger partial charge in [-0.25, -0.2) is 0 Å². The van der Waals surface area contributed by atoms with E-state index in [1.54, 1.807) is 17.1 Å². The minimum absolute atomic E-state index is 0.00921. The van der Waals surface area contributed by atoms with Gasteiger partial charge in [0.1, 0.15) is 0 Å². The van der Waals surface area contributed by atoms with Gasteiger partial charge in [-0.15, -0.1) is 0 Å². The van der Waals surface area contributed by atoms with Gasteiger partial charge in [-0.1, -0.05) is 0 Å². The Hall–Kier alpha value is -1.29. The SMILES string of the molecule is CC1(C(=O)Nn2cccc2)COC1. The average molecular weight is 180 g/mol. The molecule has 13 heavy (non-hydrogen) atoms. The van der Waals surface area contributed by atoms with Gasteiger partial charge in [0, 0.05) is 12.4 Å². The lowest BCUT2D eigenvalue weighted by Gasteiger charge is -2.36. The van der Waals surface area contributed by atoms with Gasteiger partial charge in [-0.2, -0.15) is 0 Å². The van der Waals surface area contributed by atoms with Crippen LogP contribution >= 0.6 is 0 Å². The zero-order chi connectivity index (χ0) is 9.31. The number of carbonyl (C=O) groups excluding carboxylic acids is 1. The highest BCUT2D eigenvalue weighted by Crippen LogP contribution is 2.26. The molecule has 1 aromatic heterocycles. The van der Waals surface area contributed by atoms with Gasteiger partial charge in [0.2, 0.25) is 5.91 Å². The van der Waals surface area contributed by atoms with Gasteiger partial charge in [0.05, 0.1) is 18.6 Å². The van der Waals surface area contributed by atoms with Crippen molar-refractivity contribution < 1.29 is 9.53 Å². The van der Waals surface area contributed by atoms with E-state index in [0.717, 1.165) is 0 Å². The Kier molecular flexibility index (Phi) is 1.84. The number of amides is 1. The third-order valence-corrected chi connectivity index (χ3v) is 2.22. The van der Waals surface area contributed by atoms with Crippen LogP contribution in [0.15, 0.2) is 24.5 Å². The number of hydrogen-bond acceptors (Lipinski definition) is 2. The smallest absolute Gasteiger partial charge is 0.249 e. The number of hydrogen-bond donors (Lipinski definition) is 1. The molecule has 1 aliphatic heterocycles. The second-order valence-corrected chi connectivity index (χ2v) is 3.58. The molecule has 1 N–H and O–H groups in total. The van der Waals surface area contributed by atoms with E-state index in [1.807, 2.05) is 19.1 Å². The summed E-state index contributed by atoms with van der Waals surface area (Å²) in [5.74, 6) is 0.00921. The minimum atomic E-state index is -0.343. The number of carbonyl (C=O) groups is 1. The predicted octanol–water partition coefficient (Wildman–Crippen LogP) is 0.595. The molecule has 0 spiro atoms. The molecule has 0 bridgehead atoms. The largest absolute Gasteiger partial charge is 0.379 e. The lowest BCUT2D eigenvalue weighted by molar-refractivity contribution is -0.152. The molecule has 0 radical (unpaired) electrons. The molecule has 2 rings (SSSR count). The van der Waals surface area contributed by atoms with Crippen LogP contribution < -0.4 is 5.43 Å². The van der Waals surface area contributed by atoms with Gasteiger partial charge in [0.15, 0.2) is 0 Å². The summed E-state index contributed by atoms with van der Waals surface area (Å²) in [6, 6.07) is 3.72. The summed E-state index contributed by atoms with van der Waals surface area (Å²) in [6.45, 7) is 2.93. The Morgan fingerprint density at radius 1 is 1.46 bits per heavy atom. The van der Waals surface area contributed by atoms with Crippen molar-refractivity contribution in [2.75, 3.05) is 18.6 Å². The molecule has 0 aliphatic carbocycles. The normalized spacial score (nSPS) is 19.2. The fraction of sp³-hybridized carbons (Fsp3) is 0.444. The zero-order valence-corrected chi connectivity index (χ0v) is 7.49. The molecule has 2 heterocycles. The van der Waals surface area contributed by atoms with Crippen molar-refractivity contribution >= 4 is 5.91 Å². The maximum absolute atomic E-state index is 11.6. The molecule has 1 amide bonds. The van der Waals surface area contributed by atoms with Gasteiger partial charge in [-0.05, 0) is 19.1 Å². The second kappa shape index (κ2) is 2.88. The van der Waals surface area contributed by atoms with E-state index >= 15 is 0 Å². The average Bonchev–Trinajstić information content (AvgIpc) is 2.52. The summed E-state index contributed by atoms with van der Waals surface area (Å²) >= 11 is 0. The van der Waals surface area contributed by atoms with Crippen molar-refractivity contribution in [1.82, 2.24) is 4.68 Å². The van der Waals surface area contributed by atoms with Crippen molar-refractivity contribution in [1.29, 1.82) is 0 Å². The first-order chi connectivity index (χ1) is 6.21. The Balaban J connectivity index is 1.99. The molecular weight excluding hydrogens is 168 g/mol. The Bertz CT molecular complexity index is 301. The first-order valence-electron chi connectivity index (χ1n) is 4.23. The number of nitrogens with zero attached hydrogens (tertiary/aromatic N) is 1. The number of rotatable bonds is 2. The number of nitrogens with one attached hydrogen (secondary N) is 1. The monoisotopic (exact) mass is 180 g/mol. The highest BCUT2D eigenvalue weighted by atomic mass is 16.5. The molecule has 0 unspecified atom stereocenters. The highest BCUT2D eigenvalue weighted by Gasteiger charge is 2.41. The number of ether oxygens (including phenoxy) is 1. The van der Waals surface area contributed by atoms with Crippen LogP contribution in [0, 0.1) is 5.41 Å². The number of aromatic nitrogens is 1. The lowest BCUT2D eigenvalue weighted by Crippen LogP contribution is -2.50. The van der Waals surface area contributed by atoms with Crippen molar-refractivity contribution in [3.05, 3.63) is 24.5 Å². The van der Waals surface area contributed by atoms with Gasteiger partial charge in [0.25, 0.3) is 0 Å². The van der Waals surface area contributed by atoms with E-state index in [2.05, 4.69) is 5.43 Å². The van der Waals surface area contributed by atoms with Crippen LogP contribution in [0.5, 0.6) is 0 Å². The Morgan fingerprint density at radius 3 is 2.54 bits per heavy atom. The summed E-state index contributed by atoms with van der Waals surface area (Å²) in [6.07, 6.45) is 3.58. The fourth-order valence-corrected chi connectivity index (χ4v) is 1.20. The third kappa shape index (κ3) is 1.45. The fourth-order valence-electron chi connectivity index (χ4n) is 1.20. The molecule has 0 saturated carbocycles. The van der Waals surface area contributed by atoms with Crippen molar-refractivity contribution in [3.8, 4) is 0 Å². The summed E-state index contributed by atoms with van der Waals surface area (Å²) in [7, 11) is 0. The third-order valence-electron chi connectivity index (χ3n) is 2.22. The van der Waals surface area contributed by atoms with E-state index in [1.165, 1.54) is 0 Å². The standard InChI is InChI=1S/C9H12N2O2/c1-9(6-13-7-9)8(12)10-11-4-2-3-5-11/h2-5H,6-7H2,1H3,(H,10,12). The topological polar surface area (TPSA) is 43.3 Å². The molecular formula is C9H12N2O2. The highest BCUT2D eigenvalue weighted by molar-refractivity contribution is 5.90. The van der Waals surface area contributed by atoms with Crippen LogP contribution in [0.25, 0.3) is 0 Å². The summed E-state index contributed by atoms with van der Waals surface area (Å²) in [4.78, 5) is 11.6. The quantitative estimate of drug-likeness (QED) is 0.724. The molecule has 1 fully saturated rings. The first-order valence-corrected chi connectivity index (χ1v) is 4.23. The lowest BCUT2D eigenvalue weighted by atomic mass is 9.88. The van der Waals surface area contributed by atoms with Crippen LogP contribution in [0.1, 0.15) is 6.92 Å². The minimum Gasteiger partial charge on any atom is -0.379 e. The second-order valence-electron chi connectivity index (χ2n) is 3.58. The van der Waals surface area contributed by atoms with Crippen LogP contribution in [0.2, 0.25) is 0 Å². The van der Waals surface area contributed by atoms with Crippen LogP contribution in [-0.4, -0.2) is 23.8 Å². The van der Waals surface area contributed by atoms with Crippen LogP contribution in [-0.2, 0) is 9.53 Å². The van der Waals surface area contributed by atoms with Crippen LogP contribution in [0.4, 0.5) is 0 Å². The van der Waals surface area contributed by atoms with Crippen molar-refractivity contribution in [2.24, 2.45) is 5.41 Å².